The van der Waals surface area contributed by atoms with Gasteiger partial charge in [-0.3, -0.25) is 4.79 Å². The second-order valence-corrected chi connectivity index (χ2v) is 10.9. The molecule has 0 saturated heterocycles. The molecule has 2 amide bonds. The molecule has 35 heavy (non-hydrogen) atoms. The van der Waals surface area contributed by atoms with Crippen LogP contribution in [-0.4, -0.2) is 41.3 Å². The van der Waals surface area contributed by atoms with Crippen molar-refractivity contribution in [3.8, 4) is 11.1 Å². The summed E-state index contributed by atoms with van der Waals surface area (Å²) in [5, 5.41) is 15.4. The Balaban J connectivity index is 1.11. The topological polar surface area (TPSA) is 105 Å². The van der Waals surface area contributed by atoms with Crippen LogP contribution in [0.3, 0.4) is 0 Å². The predicted octanol–water partition coefficient (Wildman–Crippen LogP) is 4.21. The minimum atomic E-state index is -1.21. The molecule has 0 aromatic heterocycles. The second kappa shape index (κ2) is 8.11. The smallest absolute Gasteiger partial charge is 0.407 e. The molecule has 2 aromatic carbocycles. The molecule has 182 valence electrons. The van der Waals surface area contributed by atoms with Gasteiger partial charge in [-0.25, -0.2) is 9.59 Å². The lowest BCUT2D eigenvalue weighted by atomic mass is 9.48. The Labute approximate surface area is 204 Å². The number of carboxylic acid groups (broad SMARTS) is 1. The Morgan fingerprint density at radius 3 is 2.09 bits per heavy atom. The summed E-state index contributed by atoms with van der Waals surface area (Å²) in [5.74, 6) is -1.46. The molecule has 1 spiro atoms. The van der Waals surface area contributed by atoms with E-state index in [0.717, 1.165) is 54.4 Å². The van der Waals surface area contributed by atoms with Crippen LogP contribution in [0.1, 0.15) is 62.0 Å². The summed E-state index contributed by atoms with van der Waals surface area (Å²) in [6.45, 7) is 0.167. The molecule has 3 fully saturated rings. The minimum Gasteiger partial charge on any atom is -0.480 e. The first-order valence-corrected chi connectivity index (χ1v) is 12.6. The van der Waals surface area contributed by atoms with Crippen molar-refractivity contribution < 1.29 is 24.2 Å². The molecule has 4 aliphatic carbocycles. The molecule has 0 bridgehead atoms. The van der Waals surface area contributed by atoms with Gasteiger partial charge in [0.25, 0.3) is 0 Å². The predicted molar refractivity (Wildman–Crippen MR) is 129 cm³/mol. The molecule has 7 nitrogen and oxygen atoms in total. The van der Waals surface area contributed by atoms with Crippen molar-refractivity contribution in [3.05, 3.63) is 59.7 Å². The molecule has 7 heteroatoms. The highest BCUT2D eigenvalue weighted by Crippen LogP contribution is 2.60. The van der Waals surface area contributed by atoms with E-state index in [0.29, 0.717) is 12.8 Å². The Kier molecular flexibility index (Phi) is 5.13. The summed E-state index contributed by atoms with van der Waals surface area (Å²) in [6.07, 6.45) is 5.14. The zero-order valence-corrected chi connectivity index (χ0v) is 19.6. The molecular weight excluding hydrogens is 444 g/mol. The van der Waals surface area contributed by atoms with Crippen molar-refractivity contribution in [3.63, 3.8) is 0 Å². The summed E-state index contributed by atoms with van der Waals surface area (Å²) < 4.78 is 5.63. The van der Waals surface area contributed by atoms with Gasteiger partial charge >= 0.3 is 12.1 Å². The van der Waals surface area contributed by atoms with Crippen molar-refractivity contribution >= 4 is 18.0 Å². The van der Waals surface area contributed by atoms with Gasteiger partial charge in [0.15, 0.2) is 0 Å². The molecular formula is C28H30N2O5. The van der Waals surface area contributed by atoms with Crippen LogP contribution in [0.2, 0.25) is 0 Å². The van der Waals surface area contributed by atoms with Crippen molar-refractivity contribution in [1.82, 2.24) is 10.6 Å². The molecule has 0 heterocycles. The van der Waals surface area contributed by atoms with E-state index in [1.54, 1.807) is 0 Å². The van der Waals surface area contributed by atoms with E-state index in [1.165, 1.54) is 0 Å². The van der Waals surface area contributed by atoms with Gasteiger partial charge in [-0.05, 0) is 72.1 Å². The standard InChI is InChI=1S/C28H30N2O5/c31-24(30-28(25(32)33)15-27(16-28)12-5-13-27)23(17-10-11-17)29-26(34)35-14-22-20-8-3-1-6-18(20)19-7-2-4-9-21(19)22/h1-4,6-9,17,22-23H,5,10-16H2,(H,29,34)(H,30,31)(H,32,33). The number of hydrogen-bond acceptors (Lipinski definition) is 4. The third-order valence-electron chi connectivity index (χ3n) is 8.53. The summed E-state index contributed by atoms with van der Waals surface area (Å²) >= 11 is 0. The highest BCUT2D eigenvalue weighted by molar-refractivity contribution is 5.92. The average Bonchev–Trinajstić information content (AvgIpc) is 3.59. The van der Waals surface area contributed by atoms with Gasteiger partial charge in [0.2, 0.25) is 5.91 Å². The number of rotatable bonds is 7. The average molecular weight is 475 g/mol. The first-order chi connectivity index (χ1) is 16.9. The Bertz CT molecular complexity index is 1150. The third kappa shape index (κ3) is 3.77. The van der Waals surface area contributed by atoms with E-state index in [2.05, 4.69) is 34.9 Å². The molecule has 3 saturated carbocycles. The van der Waals surface area contributed by atoms with E-state index in [-0.39, 0.29) is 23.9 Å². The van der Waals surface area contributed by atoms with Crippen molar-refractivity contribution in [1.29, 1.82) is 0 Å². The molecule has 2 aromatic rings. The first-order valence-electron chi connectivity index (χ1n) is 12.6. The summed E-state index contributed by atoms with van der Waals surface area (Å²) in [6, 6.07) is 15.5. The number of aliphatic carboxylic acids is 1. The highest BCUT2D eigenvalue weighted by atomic mass is 16.5. The van der Waals surface area contributed by atoms with E-state index in [9.17, 15) is 19.5 Å². The van der Waals surface area contributed by atoms with E-state index < -0.39 is 29.6 Å². The quantitative estimate of drug-likeness (QED) is 0.558. The number of carboxylic acids is 1. The Morgan fingerprint density at radius 1 is 0.971 bits per heavy atom. The van der Waals surface area contributed by atoms with Crippen LogP contribution in [0.25, 0.3) is 11.1 Å². The fourth-order valence-electron chi connectivity index (χ4n) is 6.46. The number of benzene rings is 2. The van der Waals surface area contributed by atoms with E-state index in [1.807, 2.05) is 24.3 Å². The van der Waals surface area contributed by atoms with Gasteiger partial charge < -0.3 is 20.5 Å². The normalized spacial score (nSPS) is 21.6. The number of ether oxygens (including phenoxy) is 1. The third-order valence-corrected chi connectivity index (χ3v) is 8.53. The zero-order valence-electron chi connectivity index (χ0n) is 19.6. The fraction of sp³-hybridized carbons (Fsp3) is 0.464. The van der Waals surface area contributed by atoms with Crippen LogP contribution in [-0.2, 0) is 14.3 Å². The number of amides is 2. The van der Waals surface area contributed by atoms with Gasteiger partial charge in [-0.1, -0.05) is 55.0 Å². The van der Waals surface area contributed by atoms with Crippen molar-refractivity contribution in [2.45, 2.75) is 62.4 Å². The number of alkyl carbamates (subject to hydrolysis) is 1. The molecule has 3 N–H and O–H groups in total. The molecule has 6 rings (SSSR count). The van der Waals surface area contributed by atoms with Crippen LogP contribution >= 0.6 is 0 Å². The maximum absolute atomic E-state index is 13.1. The molecule has 1 unspecified atom stereocenters. The van der Waals surface area contributed by atoms with Crippen LogP contribution in [0, 0.1) is 11.3 Å². The number of nitrogens with one attached hydrogen (secondary N) is 2. The Hall–Kier alpha value is -3.35. The molecule has 0 aliphatic heterocycles. The lowest BCUT2D eigenvalue weighted by Crippen LogP contribution is -2.70. The number of carbonyl (C=O) groups is 3. The van der Waals surface area contributed by atoms with E-state index >= 15 is 0 Å². The van der Waals surface area contributed by atoms with Crippen LogP contribution < -0.4 is 10.6 Å². The minimum absolute atomic E-state index is 0.0130. The molecule has 4 aliphatic rings. The maximum atomic E-state index is 13.1. The molecule has 0 radical (unpaired) electrons. The Morgan fingerprint density at radius 2 is 1.57 bits per heavy atom. The lowest BCUT2D eigenvalue weighted by molar-refractivity contribution is -0.166. The van der Waals surface area contributed by atoms with Crippen LogP contribution in [0.5, 0.6) is 0 Å². The highest BCUT2D eigenvalue weighted by Gasteiger charge is 2.62. The van der Waals surface area contributed by atoms with Crippen molar-refractivity contribution in [2.24, 2.45) is 11.3 Å². The van der Waals surface area contributed by atoms with Gasteiger partial charge in [-0.15, -0.1) is 0 Å². The SMILES string of the molecule is O=C(NC(C(=O)NC1(C(=O)O)CC2(CCC2)C1)C1CC1)OCC1c2ccccc2-c2ccccc21. The summed E-state index contributed by atoms with van der Waals surface area (Å²) in [4.78, 5) is 37.9. The van der Waals surface area contributed by atoms with Gasteiger partial charge in [0, 0.05) is 5.92 Å². The second-order valence-electron chi connectivity index (χ2n) is 10.9. The van der Waals surface area contributed by atoms with Gasteiger partial charge in [-0.2, -0.15) is 0 Å². The lowest BCUT2D eigenvalue weighted by Gasteiger charge is -2.59. The summed E-state index contributed by atoms with van der Waals surface area (Å²) in [5.41, 5.74) is 3.41. The largest absolute Gasteiger partial charge is 0.480 e. The van der Waals surface area contributed by atoms with E-state index in [4.69, 9.17) is 4.74 Å². The van der Waals surface area contributed by atoms with Crippen molar-refractivity contribution in [2.75, 3.05) is 6.61 Å². The van der Waals surface area contributed by atoms with Gasteiger partial charge in [0.05, 0.1) is 0 Å². The monoisotopic (exact) mass is 474 g/mol. The zero-order chi connectivity index (χ0) is 24.2. The number of carbonyl (C=O) groups excluding carboxylic acids is 2. The maximum Gasteiger partial charge on any atom is 0.407 e. The van der Waals surface area contributed by atoms with Crippen LogP contribution in [0.4, 0.5) is 4.79 Å². The number of hydrogen-bond donors (Lipinski definition) is 3. The first kappa shape index (κ1) is 22.1. The fourth-order valence-corrected chi connectivity index (χ4v) is 6.46. The van der Waals surface area contributed by atoms with Gasteiger partial charge in [0.1, 0.15) is 18.2 Å². The van der Waals surface area contributed by atoms with Crippen LogP contribution in [0.15, 0.2) is 48.5 Å². The molecule has 1 atom stereocenters. The summed E-state index contributed by atoms with van der Waals surface area (Å²) in [7, 11) is 0. The number of fused-ring (bicyclic) bond motifs is 3.